The van der Waals surface area contributed by atoms with Gasteiger partial charge in [-0.2, -0.15) is 5.10 Å². The van der Waals surface area contributed by atoms with Gasteiger partial charge in [-0.3, -0.25) is 4.68 Å². The zero-order chi connectivity index (χ0) is 10.9. The molecular weight excluding hydrogens is 194 g/mol. The van der Waals surface area contributed by atoms with Crippen molar-refractivity contribution in [1.82, 2.24) is 9.78 Å². The number of aromatic nitrogens is 2. The number of hydrogen-bond acceptors (Lipinski definition) is 4. The number of nitrogens with two attached hydrogens (primary N) is 1. The topological polar surface area (TPSA) is 62.3 Å². The summed E-state index contributed by atoms with van der Waals surface area (Å²) in [5.41, 5.74) is 6.62. The van der Waals surface area contributed by atoms with Gasteiger partial charge in [0.15, 0.2) is 0 Å². The van der Waals surface area contributed by atoms with Crippen LogP contribution < -0.4 is 5.73 Å². The maximum Gasteiger partial charge on any atom is 0.0701 e. The molecule has 0 aromatic carbocycles. The predicted octanol–water partition coefficient (Wildman–Crippen LogP) is 0.0473. The van der Waals surface area contributed by atoms with Gasteiger partial charge in [0, 0.05) is 13.3 Å². The van der Waals surface area contributed by atoms with Gasteiger partial charge in [-0.05, 0) is 18.5 Å². The number of hydrogen-bond donors (Lipinski definition) is 1. The van der Waals surface area contributed by atoms with Crippen LogP contribution in [0, 0.1) is 0 Å². The molecule has 0 aliphatic carbocycles. The summed E-state index contributed by atoms with van der Waals surface area (Å²) in [6.45, 7) is 3.36. The lowest BCUT2D eigenvalue weighted by molar-refractivity contribution is 0.0654. The van der Waals surface area contributed by atoms with E-state index in [4.69, 9.17) is 15.2 Å². The van der Waals surface area contributed by atoms with Crippen LogP contribution in [-0.2, 0) is 22.4 Å². The molecule has 0 spiro atoms. The van der Waals surface area contributed by atoms with Gasteiger partial charge < -0.3 is 15.2 Å². The summed E-state index contributed by atoms with van der Waals surface area (Å²) in [6, 6.07) is 0. The second kappa shape index (κ2) is 7.39. The number of methoxy groups -OCH3 is 1. The van der Waals surface area contributed by atoms with Gasteiger partial charge in [-0.1, -0.05) is 0 Å². The highest BCUT2D eigenvalue weighted by atomic mass is 16.5. The summed E-state index contributed by atoms with van der Waals surface area (Å²) in [5, 5.41) is 4.20. The SMILES string of the molecule is COCCOCCn1cc(CCN)cn1. The van der Waals surface area contributed by atoms with Gasteiger partial charge in [0.05, 0.1) is 32.6 Å². The number of rotatable bonds is 8. The van der Waals surface area contributed by atoms with E-state index in [1.54, 1.807) is 7.11 Å². The van der Waals surface area contributed by atoms with Gasteiger partial charge in [-0.15, -0.1) is 0 Å². The first-order chi connectivity index (χ1) is 7.36. The quantitative estimate of drug-likeness (QED) is 0.620. The van der Waals surface area contributed by atoms with E-state index in [2.05, 4.69) is 5.10 Å². The fourth-order valence-corrected chi connectivity index (χ4v) is 1.23. The van der Waals surface area contributed by atoms with Crippen LogP contribution in [0.5, 0.6) is 0 Å². The molecule has 0 unspecified atom stereocenters. The molecule has 0 saturated carbocycles. The molecule has 1 rings (SSSR count). The first kappa shape index (κ1) is 12.2. The molecule has 0 saturated heterocycles. The third-order valence-corrected chi connectivity index (χ3v) is 2.02. The van der Waals surface area contributed by atoms with Crippen molar-refractivity contribution in [3.05, 3.63) is 18.0 Å². The standard InChI is InChI=1S/C10H19N3O2/c1-14-6-7-15-5-4-13-9-10(2-3-11)8-12-13/h8-9H,2-7,11H2,1H3. The minimum atomic E-state index is 0.632. The van der Waals surface area contributed by atoms with E-state index < -0.39 is 0 Å². The smallest absolute Gasteiger partial charge is 0.0701 e. The molecule has 0 bridgehead atoms. The maximum absolute atomic E-state index is 5.45. The molecule has 15 heavy (non-hydrogen) atoms. The summed E-state index contributed by atoms with van der Waals surface area (Å²) >= 11 is 0. The van der Waals surface area contributed by atoms with Crippen LogP contribution >= 0.6 is 0 Å². The van der Waals surface area contributed by atoms with Crippen LogP contribution in [0.2, 0.25) is 0 Å². The molecule has 5 heteroatoms. The van der Waals surface area contributed by atoms with Crippen LogP contribution in [-0.4, -0.2) is 43.3 Å². The van der Waals surface area contributed by atoms with E-state index in [1.165, 1.54) is 5.56 Å². The van der Waals surface area contributed by atoms with Crippen molar-refractivity contribution >= 4 is 0 Å². The molecule has 86 valence electrons. The molecule has 1 aromatic rings. The summed E-state index contributed by atoms with van der Waals surface area (Å²) in [7, 11) is 1.66. The van der Waals surface area contributed by atoms with E-state index in [1.807, 2.05) is 17.1 Å². The highest BCUT2D eigenvalue weighted by Gasteiger charge is 1.97. The van der Waals surface area contributed by atoms with Crippen molar-refractivity contribution in [2.75, 3.05) is 33.5 Å². The fraction of sp³-hybridized carbons (Fsp3) is 0.700. The van der Waals surface area contributed by atoms with Crippen LogP contribution in [0.15, 0.2) is 12.4 Å². The lowest BCUT2D eigenvalue weighted by Crippen LogP contribution is -2.09. The van der Waals surface area contributed by atoms with Crippen molar-refractivity contribution in [1.29, 1.82) is 0 Å². The Bertz CT molecular complexity index is 263. The molecule has 5 nitrogen and oxygen atoms in total. The highest BCUT2D eigenvalue weighted by Crippen LogP contribution is 1.97. The Morgan fingerprint density at radius 1 is 1.40 bits per heavy atom. The largest absolute Gasteiger partial charge is 0.382 e. The molecule has 0 amide bonds. The zero-order valence-electron chi connectivity index (χ0n) is 9.19. The molecule has 2 N–H and O–H groups in total. The van der Waals surface area contributed by atoms with Crippen molar-refractivity contribution in [2.45, 2.75) is 13.0 Å². The minimum Gasteiger partial charge on any atom is -0.382 e. The first-order valence-electron chi connectivity index (χ1n) is 5.15. The lowest BCUT2D eigenvalue weighted by Gasteiger charge is -2.03. The Kier molecular flexibility index (Phi) is 5.99. The summed E-state index contributed by atoms with van der Waals surface area (Å²) in [4.78, 5) is 0. The van der Waals surface area contributed by atoms with E-state index in [-0.39, 0.29) is 0 Å². The molecule has 0 atom stereocenters. The monoisotopic (exact) mass is 213 g/mol. The fourth-order valence-electron chi connectivity index (χ4n) is 1.23. The van der Waals surface area contributed by atoms with Gasteiger partial charge in [0.1, 0.15) is 0 Å². The normalized spacial score (nSPS) is 10.8. The first-order valence-corrected chi connectivity index (χ1v) is 5.15. The second-order valence-corrected chi connectivity index (χ2v) is 3.26. The van der Waals surface area contributed by atoms with E-state index in [0.717, 1.165) is 13.0 Å². The van der Waals surface area contributed by atoms with Crippen molar-refractivity contribution < 1.29 is 9.47 Å². The average molecular weight is 213 g/mol. The Labute approximate surface area is 90.2 Å². The Balaban J connectivity index is 2.14. The highest BCUT2D eigenvalue weighted by molar-refractivity contribution is 5.03. The van der Waals surface area contributed by atoms with E-state index in [0.29, 0.717) is 26.4 Å². The minimum absolute atomic E-state index is 0.632. The molecule has 1 heterocycles. The van der Waals surface area contributed by atoms with Gasteiger partial charge >= 0.3 is 0 Å². The number of ether oxygens (including phenoxy) is 2. The third-order valence-electron chi connectivity index (χ3n) is 2.02. The predicted molar refractivity (Wildman–Crippen MR) is 57.7 cm³/mol. The van der Waals surface area contributed by atoms with Crippen LogP contribution in [0.4, 0.5) is 0 Å². The summed E-state index contributed by atoms with van der Waals surface area (Å²) in [6.07, 6.45) is 4.74. The van der Waals surface area contributed by atoms with Gasteiger partial charge in [0.2, 0.25) is 0 Å². The van der Waals surface area contributed by atoms with Crippen molar-refractivity contribution in [3.8, 4) is 0 Å². The molecule has 0 aliphatic heterocycles. The summed E-state index contributed by atoms with van der Waals surface area (Å²) < 4.78 is 12.1. The molecule has 1 aromatic heterocycles. The summed E-state index contributed by atoms with van der Waals surface area (Å²) in [5.74, 6) is 0. The van der Waals surface area contributed by atoms with Crippen molar-refractivity contribution in [3.63, 3.8) is 0 Å². The van der Waals surface area contributed by atoms with Crippen LogP contribution in [0.1, 0.15) is 5.56 Å². The Hall–Kier alpha value is -0.910. The van der Waals surface area contributed by atoms with Gasteiger partial charge in [0.25, 0.3) is 0 Å². The molecular formula is C10H19N3O2. The van der Waals surface area contributed by atoms with E-state index >= 15 is 0 Å². The Morgan fingerprint density at radius 3 is 3.00 bits per heavy atom. The van der Waals surface area contributed by atoms with Crippen LogP contribution in [0.3, 0.4) is 0 Å². The maximum atomic E-state index is 5.45. The third kappa shape index (κ3) is 4.92. The average Bonchev–Trinajstić information content (AvgIpc) is 2.66. The number of nitrogens with zero attached hydrogens (tertiary/aromatic N) is 2. The van der Waals surface area contributed by atoms with Gasteiger partial charge in [-0.25, -0.2) is 0 Å². The van der Waals surface area contributed by atoms with E-state index in [9.17, 15) is 0 Å². The molecule has 0 radical (unpaired) electrons. The second-order valence-electron chi connectivity index (χ2n) is 3.26. The van der Waals surface area contributed by atoms with Crippen molar-refractivity contribution in [2.24, 2.45) is 5.73 Å². The molecule has 0 aliphatic rings. The Morgan fingerprint density at radius 2 is 2.27 bits per heavy atom. The zero-order valence-corrected chi connectivity index (χ0v) is 9.19. The lowest BCUT2D eigenvalue weighted by atomic mass is 10.3. The molecule has 0 fully saturated rings. The van der Waals surface area contributed by atoms with Crippen LogP contribution in [0.25, 0.3) is 0 Å².